The molecule has 5 atom stereocenters. The molecule has 0 bridgehead atoms. The maximum absolute atomic E-state index is 9.16. The molecule has 0 radical (unpaired) electrons. The number of aliphatic hydroxyl groups excluding tert-OH is 6. The van der Waals surface area contributed by atoms with E-state index < -0.39 is 37.3 Å². The van der Waals surface area contributed by atoms with Gasteiger partial charge in [0.15, 0.2) is 0 Å². The highest BCUT2D eigenvalue weighted by molar-refractivity contribution is 4.82. The molecule has 0 heterocycles. The quantitative estimate of drug-likeness (QED) is 0.124. The molecule has 0 aliphatic carbocycles. The van der Waals surface area contributed by atoms with Crippen molar-refractivity contribution < 1.29 is 30.6 Å². The number of hydrazine groups is 1. The molecule has 0 aliphatic heterocycles. The van der Waals surface area contributed by atoms with Gasteiger partial charge in [0.2, 0.25) is 0 Å². The Balaban J connectivity index is 4.22. The summed E-state index contributed by atoms with van der Waals surface area (Å²) < 4.78 is 0. The molecule has 9 N–H and O–H groups in total. The fourth-order valence-electron chi connectivity index (χ4n) is 0.823. The molecule has 0 aromatic rings. The molecule has 0 fully saturated rings. The van der Waals surface area contributed by atoms with E-state index >= 15 is 0 Å². The molecule has 8 heteroatoms. The zero-order chi connectivity index (χ0) is 11.3. The minimum absolute atomic E-state index is 0.781. The van der Waals surface area contributed by atoms with E-state index in [4.69, 9.17) is 36.5 Å². The van der Waals surface area contributed by atoms with E-state index in [-0.39, 0.29) is 0 Å². The molecule has 1 unspecified atom stereocenters. The van der Waals surface area contributed by atoms with Gasteiger partial charge >= 0.3 is 0 Å². The summed E-state index contributed by atoms with van der Waals surface area (Å²) in [6.07, 6.45) is -8.65. The summed E-state index contributed by atoms with van der Waals surface area (Å²) in [5.41, 5.74) is 1.75. The summed E-state index contributed by atoms with van der Waals surface area (Å²) in [5, 5.41) is 53.6. The van der Waals surface area contributed by atoms with Crippen molar-refractivity contribution >= 4 is 0 Å². The Kier molecular flexibility index (Phi) is 6.08. The van der Waals surface area contributed by atoms with Crippen LogP contribution in [0.1, 0.15) is 0 Å². The predicted octanol–water partition coefficient (Wildman–Crippen LogP) is -4.80. The topological polar surface area (TPSA) is 159 Å². The molecular weight excluding hydrogens is 196 g/mol. The minimum atomic E-state index is -1.83. The SMILES string of the molecule is NNC(O)[C@@H](O)[C@H](O)[C@@H](O)[C@@H](O)CO. The first-order valence-corrected chi connectivity index (χ1v) is 3.93. The third-order valence-electron chi connectivity index (χ3n) is 1.78. The zero-order valence-corrected chi connectivity index (χ0v) is 7.35. The standard InChI is InChI=1S/C6H16N2O6/c7-8-6(14)5(13)4(12)3(11)2(10)1-9/h2-6,8-14H,1,7H2/t2-,3-,4+,5-,6?/m0/s1. The Hall–Kier alpha value is -0.320. The van der Waals surface area contributed by atoms with Crippen LogP contribution in [0.25, 0.3) is 0 Å². The van der Waals surface area contributed by atoms with Crippen LogP contribution in [0.2, 0.25) is 0 Å². The van der Waals surface area contributed by atoms with Gasteiger partial charge < -0.3 is 30.6 Å². The van der Waals surface area contributed by atoms with E-state index in [1.807, 2.05) is 0 Å². The average molecular weight is 212 g/mol. The lowest BCUT2D eigenvalue weighted by atomic mass is 10.0. The van der Waals surface area contributed by atoms with Gasteiger partial charge in [0.25, 0.3) is 0 Å². The monoisotopic (exact) mass is 212 g/mol. The second-order valence-corrected chi connectivity index (χ2v) is 2.83. The fourth-order valence-corrected chi connectivity index (χ4v) is 0.823. The molecular formula is C6H16N2O6. The van der Waals surface area contributed by atoms with Crippen molar-refractivity contribution in [3.05, 3.63) is 0 Å². The van der Waals surface area contributed by atoms with Crippen molar-refractivity contribution in [1.29, 1.82) is 0 Å². The summed E-state index contributed by atoms with van der Waals surface area (Å²) in [6, 6.07) is 0. The molecule has 0 aliphatic rings. The molecule has 0 spiro atoms. The largest absolute Gasteiger partial charge is 0.394 e. The average Bonchev–Trinajstić information content (AvgIpc) is 2.23. The van der Waals surface area contributed by atoms with Gasteiger partial charge in [-0.05, 0) is 0 Å². The number of hydrogen-bond donors (Lipinski definition) is 8. The summed E-state index contributed by atoms with van der Waals surface area (Å²) in [6.45, 7) is -0.781. The number of nitrogens with one attached hydrogen (secondary N) is 1. The Labute approximate surface area is 80.2 Å². The van der Waals surface area contributed by atoms with E-state index in [1.54, 1.807) is 5.43 Å². The molecule has 0 saturated heterocycles. The maximum atomic E-state index is 9.16. The van der Waals surface area contributed by atoms with Crippen LogP contribution >= 0.6 is 0 Å². The van der Waals surface area contributed by atoms with Crippen LogP contribution in [0.15, 0.2) is 0 Å². The molecule has 8 nitrogen and oxygen atoms in total. The highest BCUT2D eigenvalue weighted by Gasteiger charge is 2.33. The number of nitrogens with two attached hydrogens (primary N) is 1. The Bertz CT molecular complexity index is 143. The van der Waals surface area contributed by atoms with Crippen LogP contribution in [-0.4, -0.2) is 67.9 Å². The highest BCUT2D eigenvalue weighted by Crippen LogP contribution is 2.06. The molecule has 14 heavy (non-hydrogen) atoms. The van der Waals surface area contributed by atoms with E-state index in [9.17, 15) is 0 Å². The third kappa shape index (κ3) is 3.44. The molecule has 0 amide bonds. The Morgan fingerprint density at radius 2 is 1.43 bits per heavy atom. The van der Waals surface area contributed by atoms with Crippen molar-refractivity contribution in [1.82, 2.24) is 5.43 Å². The van der Waals surface area contributed by atoms with Gasteiger partial charge in [-0.25, -0.2) is 5.43 Å². The lowest BCUT2D eigenvalue weighted by molar-refractivity contribution is -0.145. The lowest BCUT2D eigenvalue weighted by Crippen LogP contribution is -2.55. The van der Waals surface area contributed by atoms with Crippen molar-refractivity contribution in [3.8, 4) is 0 Å². The molecule has 0 saturated carbocycles. The summed E-state index contributed by atoms with van der Waals surface area (Å²) in [7, 11) is 0. The first-order chi connectivity index (χ1) is 6.45. The van der Waals surface area contributed by atoms with Crippen molar-refractivity contribution in [3.63, 3.8) is 0 Å². The van der Waals surface area contributed by atoms with Crippen LogP contribution in [-0.2, 0) is 0 Å². The molecule has 0 aromatic carbocycles. The molecule has 0 aromatic heterocycles. The van der Waals surface area contributed by atoms with Gasteiger partial charge in [0, 0.05) is 0 Å². The van der Waals surface area contributed by atoms with Gasteiger partial charge in [-0.3, -0.25) is 5.84 Å². The first-order valence-electron chi connectivity index (χ1n) is 3.93. The normalized spacial score (nSPS) is 22.5. The van der Waals surface area contributed by atoms with Crippen LogP contribution in [0.3, 0.4) is 0 Å². The number of aliphatic hydroxyl groups is 6. The van der Waals surface area contributed by atoms with Gasteiger partial charge in [0.05, 0.1) is 6.61 Å². The van der Waals surface area contributed by atoms with Crippen LogP contribution in [0.4, 0.5) is 0 Å². The van der Waals surface area contributed by atoms with Crippen molar-refractivity contribution in [2.75, 3.05) is 6.61 Å². The fraction of sp³-hybridized carbons (Fsp3) is 1.00. The van der Waals surface area contributed by atoms with E-state index in [1.165, 1.54) is 0 Å². The first kappa shape index (κ1) is 13.7. The zero-order valence-electron chi connectivity index (χ0n) is 7.35. The van der Waals surface area contributed by atoms with E-state index in [2.05, 4.69) is 0 Å². The number of rotatable bonds is 6. The second kappa shape index (κ2) is 6.22. The summed E-state index contributed by atoms with van der Waals surface area (Å²) in [5.74, 6) is 4.75. The van der Waals surface area contributed by atoms with Crippen LogP contribution in [0, 0.1) is 0 Å². The van der Waals surface area contributed by atoms with E-state index in [0.29, 0.717) is 0 Å². The molecule has 0 rings (SSSR count). The summed E-state index contributed by atoms with van der Waals surface area (Å²) in [4.78, 5) is 0. The third-order valence-corrected chi connectivity index (χ3v) is 1.78. The minimum Gasteiger partial charge on any atom is -0.394 e. The smallest absolute Gasteiger partial charge is 0.145 e. The maximum Gasteiger partial charge on any atom is 0.145 e. The van der Waals surface area contributed by atoms with Crippen molar-refractivity contribution in [2.24, 2.45) is 5.84 Å². The van der Waals surface area contributed by atoms with Gasteiger partial charge in [-0.2, -0.15) is 0 Å². The summed E-state index contributed by atoms with van der Waals surface area (Å²) >= 11 is 0. The lowest BCUT2D eigenvalue weighted by Gasteiger charge is -2.27. The van der Waals surface area contributed by atoms with Gasteiger partial charge in [-0.15, -0.1) is 0 Å². The van der Waals surface area contributed by atoms with Crippen LogP contribution in [0.5, 0.6) is 0 Å². The highest BCUT2D eigenvalue weighted by atomic mass is 16.4. The van der Waals surface area contributed by atoms with Crippen molar-refractivity contribution in [2.45, 2.75) is 30.6 Å². The van der Waals surface area contributed by atoms with Gasteiger partial charge in [-0.1, -0.05) is 0 Å². The molecule has 86 valence electrons. The second-order valence-electron chi connectivity index (χ2n) is 2.83. The van der Waals surface area contributed by atoms with E-state index in [0.717, 1.165) is 0 Å². The number of hydrogen-bond acceptors (Lipinski definition) is 8. The Morgan fingerprint density at radius 3 is 1.79 bits per heavy atom. The van der Waals surface area contributed by atoms with Crippen LogP contribution < -0.4 is 11.3 Å². The Morgan fingerprint density at radius 1 is 0.929 bits per heavy atom. The predicted molar refractivity (Wildman–Crippen MR) is 44.4 cm³/mol. The van der Waals surface area contributed by atoms with Gasteiger partial charge in [0.1, 0.15) is 30.6 Å².